The molecule has 64 valence electrons. The van der Waals surface area contributed by atoms with Crippen molar-refractivity contribution >= 4 is 40.7 Å². The van der Waals surface area contributed by atoms with Crippen LogP contribution in [0, 0.1) is 5.82 Å². The molecule has 0 aromatic heterocycles. The first-order chi connectivity index (χ1) is 4.33. The zero-order valence-corrected chi connectivity index (χ0v) is 8.81. The van der Waals surface area contributed by atoms with Gasteiger partial charge in [0, 0.05) is 5.33 Å². The molecule has 0 amide bonds. The summed E-state index contributed by atoms with van der Waals surface area (Å²) < 4.78 is 12.2. The van der Waals surface area contributed by atoms with Crippen LogP contribution in [0.25, 0.3) is 0 Å². The average Bonchev–Trinajstić information content (AvgIpc) is 1.90. The van der Waals surface area contributed by atoms with Crippen LogP contribution in [-0.4, -0.2) is 0 Å². The highest BCUT2D eigenvalue weighted by Gasteiger charge is 1.88. The molecule has 1 aromatic rings. The van der Waals surface area contributed by atoms with Crippen LogP contribution >= 0.6 is 40.7 Å². The molecular weight excluding hydrogens is 254 g/mol. The van der Waals surface area contributed by atoms with Crippen LogP contribution in [0.5, 0.6) is 0 Å². The average molecular weight is 262 g/mol. The van der Waals surface area contributed by atoms with Gasteiger partial charge in [-0.05, 0) is 17.7 Å². The summed E-state index contributed by atoms with van der Waals surface area (Å²) in [5.74, 6) is -0.181. The molecule has 0 unspecified atom stereocenters. The third kappa shape index (κ3) is 4.62. The molecule has 0 aliphatic carbocycles. The first-order valence-electron chi connectivity index (χ1n) is 2.63. The van der Waals surface area contributed by atoms with Gasteiger partial charge in [-0.3, -0.25) is 0 Å². The number of alkyl halides is 1. The van der Waals surface area contributed by atoms with E-state index in [1.165, 1.54) is 12.1 Å². The van der Waals surface area contributed by atoms with Gasteiger partial charge in [0.15, 0.2) is 0 Å². The van der Waals surface area contributed by atoms with Crippen molar-refractivity contribution < 1.29 is 4.39 Å². The fourth-order valence-corrected chi connectivity index (χ4v) is 0.947. The number of rotatable bonds is 1. The van der Waals surface area contributed by atoms with Crippen LogP contribution < -0.4 is 0 Å². The predicted octanol–water partition coefficient (Wildman–Crippen LogP) is 3.56. The Labute approximate surface area is 86.1 Å². The Bertz CT molecular complexity index is 188. The van der Waals surface area contributed by atoms with E-state index in [0.29, 0.717) is 0 Å². The molecule has 1 aromatic carbocycles. The summed E-state index contributed by atoms with van der Waals surface area (Å²) in [6.45, 7) is 0. The fourth-order valence-electron chi connectivity index (χ4n) is 0.573. The van der Waals surface area contributed by atoms with E-state index in [1.54, 1.807) is 12.1 Å². The van der Waals surface area contributed by atoms with E-state index in [9.17, 15) is 4.39 Å². The molecule has 0 radical (unpaired) electrons. The van der Waals surface area contributed by atoms with E-state index in [-0.39, 0.29) is 30.6 Å². The Morgan fingerprint density at radius 2 is 1.55 bits per heavy atom. The van der Waals surface area contributed by atoms with Gasteiger partial charge < -0.3 is 0 Å². The standard InChI is InChI=1S/C7H6BrF.2ClH/c8-5-6-1-3-7(9)4-2-6;;/h1-4H,5H2;2*1H. The highest BCUT2D eigenvalue weighted by molar-refractivity contribution is 9.08. The number of halogens is 4. The van der Waals surface area contributed by atoms with Crippen molar-refractivity contribution in [1.82, 2.24) is 0 Å². The van der Waals surface area contributed by atoms with Gasteiger partial charge >= 0.3 is 0 Å². The van der Waals surface area contributed by atoms with Crippen LogP contribution in [0.15, 0.2) is 24.3 Å². The number of benzene rings is 1. The molecule has 4 heteroatoms. The maximum Gasteiger partial charge on any atom is 0.123 e. The van der Waals surface area contributed by atoms with Crippen molar-refractivity contribution in [3.63, 3.8) is 0 Å². The smallest absolute Gasteiger partial charge is 0.123 e. The molecule has 0 N–H and O–H groups in total. The molecule has 0 atom stereocenters. The van der Waals surface area contributed by atoms with Crippen LogP contribution in [0.1, 0.15) is 5.56 Å². The van der Waals surface area contributed by atoms with Gasteiger partial charge in [-0.2, -0.15) is 0 Å². The molecule has 0 aliphatic heterocycles. The minimum Gasteiger partial charge on any atom is -0.207 e. The molecule has 0 heterocycles. The highest BCUT2D eigenvalue weighted by atomic mass is 79.9. The van der Waals surface area contributed by atoms with Crippen LogP contribution in [0.4, 0.5) is 4.39 Å². The van der Waals surface area contributed by atoms with Gasteiger partial charge in [0.05, 0.1) is 0 Å². The largest absolute Gasteiger partial charge is 0.207 e. The van der Waals surface area contributed by atoms with Crippen molar-refractivity contribution in [2.45, 2.75) is 5.33 Å². The van der Waals surface area contributed by atoms with Crippen molar-refractivity contribution in [2.75, 3.05) is 0 Å². The number of hydrogen-bond acceptors (Lipinski definition) is 0. The summed E-state index contributed by atoms with van der Waals surface area (Å²) in [7, 11) is 0. The van der Waals surface area contributed by atoms with Gasteiger partial charge in [-0.25, -0.2) is 4.39 Å². The lowest BCUT2D eigenvalue weighted by Gasteiger charge is -1.91. The minimum absolute atomic E-state index is 0. The summed E-state index contributed by atoms with van der Waals surface area (Å²) in [6, 6.07) is 6.42. The van der Waals surface area contributed by atoms with Gasteiger partial charge in [-0.1, -0.05) is 28.1 Å². The van der Waals surface area contributed by atoms with Crippen LogP contribution in [0.3, 0.4) is 0 Å². The zero-order chi connectivity index (χ0) is 6.69. The quantitative estimate of drug-likeness (QED) is 0.678. The maximum atomic E-state index is 12.2. The van der Waals surface area contributed by atoms with Gasteiger partial charge in [0.1, 0.15) is 5.82 Å². The molecule has 0 nitrogen and oxygen atoms in total. The first kappa shape index (κ1) is 13.8. The van der Waals surface area contributed by atoms with Gasteiger partial charge in [0.2, 0.25) is 0 Å². The van der Waals surface area contributed by atoms with E-state index in [2.05, 4.69) is 15.9 Å². The minimum atomic E-state index is -0.181. The van der Waals surface area contributed by atoms with Crippen LogP contribution in [0.2, 0.25) is 0 Å². The Balaban J connectivity index is 0. The molecule has 0 saturated carbocycles. The Hall–Kier alpha value is 0.210. The molecule has 0 aliphatic rings. The summed E-state index contributed by atoms with van der Waals surface area (Å²) >= 11 is 3.26. The monoisotopic (exact) mass is 260 g/mol. The van der Waals surface area contributed by atoms with E-state index in [4.69, 9.17) is 0 Å². The summed E-state index contributed by atoms with van der Waals surface area (Å²) in [4.78, 5) is 0. The van der Waals surface area contributed by atoms with E-state index in [0.717, 1.165) is 10.9 Å². The molecule has 0 fully saturated rings. The third-order valence-corrected chi connectivity index (χ3v) is 1.72. The van der Waals surface area contributed by atoms with Crippen molar-refractivity contribution in [2.24, 2.45) is 0 Å². The SMILES string of the molecule is Cl.Cl.Fc1ccc(CBr)cc1. The Morgan fingerprint density at radius 3 is 1.91 bits per heavy atom. The molecule has 0 bridgehead atoms. The molecule has 11 heavy (non-hydrogen) atoms. The summed E-state index contributed by atoms with van der Waals surface area (Å²) in [6.07, 6.45) is 0. The number of hydrogen-bond donors (Lipinski definition) is 0. The second-order valence-corrected chi connectivity index (χ2v) is 2.32. The van der Waals surface area contributed by atoms with Gasteiger partial charge in [0.25, 0.3) is 0 Å². The fraction of sp³-hybridized carbons (Fsp3) is 0.143. The topological polar surface area (TPSA) is 0 Å². The molecule has 0 spiro atoms. The summed E-state index contributed by atoms with van der Waals surface area (Å²) in [5.41, 5.74) is 1.09. The maximum absolute atomic E-state index is 12.2. The Kier molecular flexibility index (Phi) is 8.63. The lowest BCUT2D eigenvalue weighted by molar-refractivity contribution is 0.627. The van der Waals surface area contributed by atoms with Crippen LogP contribution in [-0.2, 0) is 5.33 Å². The lowest BCUT2D eigenvalue weighted by atomic mass is 10.2. The first-order valence-corrected chi connectivity index (χ1v) is 3.75. The normalized spacial score (nSPS) is 7.82. The van der Waals surface area contributed by atoms with Crippen molar-refractivity contribution in [1.29, 1.82) is 0 Å². The highest BCUT2D eigenvalue weighted by Crippen LogP contribution is 2.05. The second kappa shape index (κ2) is 6.89. The van der Waals surface area contributed by atoms with E-state index in [1.807, 2.05) is 0 Å². The molecule has 0 saturated heterocycles. The van der Waals surface area contributed by atoms with E-state index >= 15 is 0 Å². The predicted molar refractivity (Wildman–Crippen MR) is 53.5 cm³/mol. The second-order valence-electron chi connectivity index (χ2n) is 1.76. The van der Waals surface area contributed by atoms with Gasteiger partial charge in [-0.15, -0.1) is 24.8 Å². The molecular formula is C7H8BrCl2F. The van der Waals surface area contributed by atoms with Crippen molar-refractivity contribution in [3.8, 4) is 0 Å². The summed E-state index contributed by atoms with van der Waals surface area (Å²) in [5, 5.41) is 0.785. The Morgan fingerprint density at radius 1 is 1.09 bits per heavy atom. The van der Waals surface area contributed by atoms with E-state index < -0.39 is 0 Å². The third-order valence-electron chi connectivity index (χ3n) is 1.07. The lowest BCUT2D eigenvalue weighted by Crippen LogP contribution is -1.76. The van der Waals surface area contributed by atoms with Crippen molar-refractivity contribution in [3.05, 3.63) is 35.6 Å². The molecule has 1 rings (SSSR count). The zero-order valence-electron chi connectivity index (χ0n) is 5.59.